The Hall–Kier alpha value is -0.340. The Labute approximate surface area is 123 Å². The summed E-state index contributed by atoms with van der Waals surface area (Å²) in [6, 6.07) is 2.56. The zero-order chi connectivity index (χ0) is 13.8. The Morgan fingerprint density at radius 2 is 1.63 bits per heavy atom. The molecule has 2 heteroatoms. The third-order valence-electron chi connectivity index (χ3n) is 3.76. The molecule has 0 fully saturated rings. The van der Waals surface area contributed by atoms with Crippen molar-refractivity contribution in [3.63, 3.8) is 0 Å². The van der Waals surface area contributed by atoms with Gasteiger partial charge < -0.3 is 5.73 Å². The van der Waals surface area contributed by atoms with Gasteiger partial charge in [0.2, 0.25) is 0 Å². The van der Waals surface area contributed by atoms with E-state index in [0.717, 1.165) is 6.42 Å². The van der Waals surface area contributed by atoms with E-state index in [9.17, 15) is 0 Å². The smallest absolute Gasteiger partial charge is 0.00796 e. The van der Waals surface area contributed by atoms with Crippen molar-refractivity contribution in [3.8, 4) is 0 Å². The van der Waals surface area contributed by atoms with E-state index in [4.69, 9.17) is 5.73 Å². The van der Waals surface area contributed by atoms with Crippen LogP contribution in [0.15, 0.2) is 16.8 Å². The number of hydrogen-bond acceptors (Lipinski definition) is 2. The van der Waals surface area contributed by atoms with Gasteiger partial charge in [-0.05, 0) is 35.2 Å². The summed E-state index contributed by atoms with van der Waals surface area (Å²) in [6.45, 7) is 2.28. The molecule has 19 heavy (non-hydrogen) atoms. The molecule has 1 aromatic rings. The topological polar surface area (TPSA) is 26.0 Å². The SMILES string of the molecule is CCCCCCCCCCCC(N)Cc1ccsc1. The molecule has 1 rings (SSSR count). The molecule has 0 bridgehead atoms. The fourth-order valence-corrected chi connectivity index (χ4v) is 3.21. The molecule has 0 aliphatic carbocycles. The molecule has 0 aromatic carbocycles. The van der Waals surface area contributed by atoms with Gasteiger partial charge in [0.05, 0.1) is 0 Å². The van der Waals surface area contributed by atoms with E-state index in [1.165, 1.54) is 69.8 Å². The lowest BCUT2D eigenvalue weighted by Crippen LogP contribution is -2.22. The standard InChI is InChI=1S/C17H31NS/c1-2-3-4-5-6-7-8-9-10-11-17(18)14-16-12-13-19-15-16/h12-13,15,17H,2-11,14,18H2,1H3. The molecule has 0 aliphatic rings. The van der Waals surface area contributed by atoms with Crippen LogP contribution in [0, 0.1) is 0 Å². The van der Waals surface area contributed by atoms with Crippen molar-refractivity contribution in [1.29, 1.82) is 0 Å². The first-order chi connectivity index (χ1) is 9.33. The summed E-state index contributed by atoms with van der Waals surface area (Å²) in [5.74, 6) is 0. The van der Waals surface area contributed by atoms with Gasteiger partial charge >= 0.3 is 0 Å². The van der Waals surface area contributed by atoms with Crippen molar-refractivity contribution in [2.24, 2.45) is 5.73 Å². The second-order valence-electron chi connectivity index (χ2n) is 5.71. The van der Waals surface area contributed by atoms with Crippen LogP contribution in [-0.2, 0) is 6.42 Å². The van der Waals surface area contributed by atoms with Crippen LogP contribution in [-0.4, -0.2) is 6.04 Å². The molecule has 1 aromatic heterocycles. The molecule has 1 heterocycles. The Bertz CT molecular complexity index is 281. The van der Waals surface area contributed by atoms with Gasteiger partial charge in [-0.15, -0.1) is 0 Å². The minimum atomic E-state index is 0.360. The van der Waals surface area contributed by atoms with Gasteiger partial charge in [0.15, 0.2) is 0 Å². The first kappa shape index (κ1) is 16.7. The third kappa shape index (κ3) is 9.23. The maximum Gasteiger partial charge on any atom is 0.00796 e. The van der Waals surface area contributed by atoms with Crippen LogP contribution >= 0.6 is 11.3 Å². The second-order valence-corrected chi connectivity index (χ2v) is 6.49. The third-order valence-corrected chi connectivity index (χ3v) is 4.49. The maximum absolute atomic E-state index is 6.17. The van der Waals surface area contributed by atoms with Crippen LogP contribution in [0.25, 0.3) is 0 Å². The number of thiophene rings is 1. The van der Waals surface area contributed by atoms with Crippen LogP contribution < -0.4 is 5.73 Å². The fraction of sp³-hybridized carbons (Fsp3) is 0.765. The highest BCUT2D eigenvalue weighted by atomic mass is 32.1. The summed E-state index contributed by atoms with van der Waals surface area (Å²) in [4.78, 5) is 0. The van der Waals surface area contributed by atoms with Gasteiger partial charge in [0, 0.05) is 6.04 Å². The molecule has 0 aliphatic heterocycles. The summed E-state index contributed by atoms with van der Waals surface area (Å²) in [5, 5.41) is 4.36. The molecule has 1 atom stereocenters. The molecule has 0 saturated heterocycles. The maximum atomic E-state index is 6.17. The average molecular weight is 282 g/mol. The van der Waals surface area contributed by atoms with Crippen LogP contribution in [0.4, 0.5) is 0 Å². The highest BCUT2D eigenvalue weighted by molar-refractivity contribution is 7.07. The van der Waals surface area contributed by atoms with Crippen molar-refractivity contribution >= 4 is 11.3 Å². The van der Waals surface area contributed by atoms with Crippen molar-refractivity contribution in [1.82, 2.24) is 0 Å². The van der Waals surface area contributed by atoms with E-state index in [-0.39, 0.29) is 0 Å². The monoisotopic (exact) mass is 281 g/mol. The van der Waals surface area contributed by atoms with Crippen LogP contribution in [0.1, 0.15) is 76.7 Å². The molecule has 1 nitrogen and oxygen atoms in total. The minimum absolute atomic E-state index is 0.360. The molecule has 0 radical (unpaired) electrons. The minimum Gasteiger partial charge on any atom is -0.327 e. The molecule has 0 saturated carbocycles. The lowest BCUT2D eigenvalue weighted by Gasteiger charge is -2.10. The van der Waals surface area contributed by atoms with Crippen molar-refractivity contribution in [2.75, 3.05) is 0 Å². The van der Waals surface area contributed by atoms with E-state index in [0.29, 0.717) is 6.04 Å². The van der Waals surface area contributed by atoms with Crippen LogP contribution in [0.5, 0.6) is 0 Å². The van der Waals surface area contributed by atoms with Gasteiger partial charge in [-0.25, -0.2) is 0 Å². The summed E-state index contributed by atoms with van der Waals surface area (Å²) in [7, 11) is 0. The molecule has 1 unspecified atom stereocenters. The van der Waals surface area contributed by atoms with Crippen LogP contribution in [0.3, 0.4) is 0 Å². The summed E-state index contributed by atoms with van der Waals surface area (Å²) >= 11 is 1.77. The zero-order valence-corrected chi connectivity index (χ0v) is 13.4. The fourth-order valence-electron chi connectivity index (χ4n) is 2.53. The van der Waals surface area contributed by atoms with E-state index in [2.05, 4.69) is 23.8 Å². The number of hydrogen-bond donors (Lipinski definition) is 1. The van der Waals surface area contributed by atoms with Crippen molar-refractivity contribution < 1.29 is 0 Å². The summed E-state index contributed by atoms with van der Waals surface area (Å²) in [6.07, 6.45) is 14.8. The summed E-state index contributed by atoms with van der Waals surface area (Å²) < 4.78 is 0. The van der Waals surface area contributed by atoms with Gasteiger partial charge in [-0.1, -0.05) is 64.7 Å². The zero-order valence-electron chi connectivity index (χ0n) is 12.6. The Balaban J connectivity index is 1.85. The Morgan fingerprint density at radius 3 is 2.21 bits per heavy atom. The Morgan fingerprint density at radius 1 is 1.00 bits per heavy atom. The quantitative estimate of drug-likeness (QED) is 0.500. The van der Waals surface area contributed by atoms with E-state index in [1.54, 1.807) is 11.3 Å². The highest BCUT2D eigenvalue weighted by Crippen LogP contribution is 2.13. The molecule has 110 valence electrons. The van der Waals surface area contributed by atoms with Crippen molar-refractivity contribution in [3.05, 3.63) is 22.4 Å². The second kappa shape index (κ2) is 11.5. The first-order valence-electron chi connectivity index (χ1n) is 8.09. The lowest BCUT2D eigenvalue weighted by molar-refractivity contribution is 0.522. The van der Waals surface area contributed by atoms with Gasteiger partial charge in [0.25, 0.3) is 0 Å². The van der Waals surface area contributed by atoms with Gasteiger partial charge in [-0.3, -0.25) is 0 Å². The lowest BCUT2D eigenvalue weighted by atomic mass is 10.0. The molecule has 0 amide bonds. The van der Waals surface area contributed by atoms with Gasteiger partial charge in [-0.2, -0.15) is 11.3 Å². The predicted octanol–water partition coefficient (Wildman–Crippen LogP) is 5.54. The number of rotatable bonds is 12. The van der Waals surface area contributed by atoms with E-state index >= 15 is 0 Å². The number of nitrogens with two attached hydrogens (primary N) is 1. The molecule has 2 N–H and O–H groups in total. The molecular formula is C17H31NS. The number of unbranched alkanes of at least 4 members (excludes halogenated alkanes) is 8. The normalized spacial score (nSPS) is 12.7. The largest absolute Gasteiger partial charge is 0.327 e. The predicted molar refractivity (Wildman–Crippen MR) is 87.8 cm³/mol. The van der Waals surface area contributed by atoms with Gasteiger partial charge in [0.1, 0.15) is 0 Å². The molecular weight excluding hydrogens is 250 g/mol. The van der Waals surface area contributed by atoms with Crippen molar-refractivity contribution in [2.45, 2.75) is 83.6 Å². The highest BCUT2D eigenvalue weighted by Gasteiger charge is 2.04. The summed E-state index contributed by atoms with van der Waals surface area (Å²) in [5.41, 5.74) is 7.58. The van der Waals surface area contributed by atoms with E-state index in [1.807, 2.05) is 0 Å². The average Bonchev–Trinajstić information content (AvgIpc) is 2.89. The molecule has 0 spiro atoms. The Kier molecular flexibility index (Phi) is 10.1. The first-order valence-corrected chi connectivity index (χ1v) is 9.04. The van der Waals surface area contributed by atoms with E-state index < -0.39 is 0 Å². The van der Waals surface area contributed by atoms with Crippen LogP contribution in [0.2, 0.25) is 0 Å².